The highest BCUT2D eigenvalue weighted by Gasteiger charge is 2.13. The average molecular weight is 249 g/mol. The first-order chi connectivity index (χ1) is 8.31. The molecule has 0 fully saturated rings. The van der Waals surface area contributed by atoms with Crippen LogP contribution in [-0.2, 0) is 0 Å². The van der Waals surface area contributed by atoms with E-state index >= 15 is 0 Å². The van der Waals surface area contributed by atoms with Crippen molar-refractivity contribution in [2.45, 2.75) is 26.7 Å². The molecule has 1 rings (SSSR count). The summed E-state index contributed by atoms with van der Waals surface area (Å²) in [5, 5.41) is 0. The maximum absolute atomic E-state index is 4.50. The van der Waals surface area contributed by atoms with Gasteiger partial charge in [0.25, 0.3) is 0 Å². The molecule has 0 spiro atoms. The van der Waals surface area contributed by atoms with Crippen LogP contribution in [0.3, 0.4) is 0 Å². The van der Waals surface area contributed by atoms with E-state index in [9.17, 15) is 0 Å². The fraction of sp³-hybridized carbons (Fsp3) is 0.615. The van der Waals surface area contributed by atoms with Crippen molar-refractivity contribution < 1.29 is 0 Å². The Balaban J connectivity index is 3.14. The van der Waals surface area contributed by atoms with Crippen molar-refractivity contribution in [2.24, 2.45) is 0 Å². The third-order valence-corrected chi connectivity index (χ3v) is 2.39. The highest BCUT2D eigenvalue weighted by molar-refractivity contribution is 5.38. The maximum atomic E-state index is 4.50. The van der Waals surface area contributed by atoms with E-state index in [2.05, 4.69) is 35.4 Å². The lowest BCUT2D eigenvalue weighted by Crippen LogP contribution is -2.24. The van der Waals surface area contributed by atoms with Gasteiger partial charge in [0, 0.05) is 33.6 Å². The number of anilines is 2. The molecule has 0 aliphatic rings. The number of hydrogen-bond acceptors (Lipinski definition) is 5. The molecule has 5 heteroatoms. The number of rotatable bonds is 5. The molecule has 0 radical (unpaired) electrons. The van der Waals surface area contributed by atoms with E-state index in [-0.39, 0.29) is 5.92 Å². The average Bonchev–Trinajstić information content (AvgIpc) is 2.27. The minimum Gasteiger partial charge on any atom is -0.347 e. The SMILES string of the molecule is C=C(C)CN(C)c1nc(C(C)C)nc(N(C)C)n1. The van der Waals surface area contributed by atoms with Gasteiger partial charge in [-0.15, -0.1) is 0 Å². The van der Waals surface area contributed by atoms with Crippen LogP contribution in [0.2, 0.25) is 0 Å². The summed E-state index contributed by atoms with van der Waals surface area (Å²) in [7, 11) is 5.83. The monoisotopic (exact) mass is 249 g/mol. The number of likely N-dealkylation sites (N-methyl/N-ethyl adjacent to an activating group) is 1. The Bertz CT molecular complexity index is 399. The van der Waals surface area contributed by atoms with Gasteiger partial charge in [0.2, 0.25) is 11.9 Å². The number of nitrogens with zero attached hydrogens (tertiary/aromatic N) is 5. The Kier molecular flexibility index (Phi) is 4.64. The highest BCUT2D eigenvalue weighted by Crippen LogP contribution is 2.17. The Labute approximate surface area is 110 Å². The van der Waals surface area contributed by atoms with Crippen LogP contribution >= 0.6 is 0 Å². The quantitative estimate of drug-likeness (QED) is 0.748. The van der Waals surface area contributed by atoms with Crippen LogP contribution in [0.15, 0.2) is 12.2 Å². The van der Waals surface area contributed by atoms with E-state index in [4.69, 9.17) is 0 Å². The molecule has 1 heterocycles. The van der Waals surface area contributed by atoms with Crippen molar-refractivity contribution in [3.05, 3.63) is 18.0 Å². The smallest absolute Gasteiger partial charge is 0.230 e. The zero-order chi connectivity index (χ0) is 13.9. The molecular formula is C13H23N5. The van der Waals surface area contributed by atoms with Crippen molar-refractivity contribution in [1.82, 2.24) is 15.0 Å². The number of hydrogen-bond donors (Lipinski definition) is 0. The molecule has 18 heavy (non-hydrogen) atoms. The summed E-state index contributed by atoms with van der Waals surface area (Å²) < 4.78 is 0. The van der Waals surface area contributed by atoms with Gasteiger partial charge in [0.1, 0.15) is 5.82 Å². The topological polar surface area (TPSA) is 45.2 Å². The second-order valence-corrected chi connectivity index (χ2v) is 5.16. The van der Waals surface area contributed by atoms with E-state index in [0.717, 1.165) is 17.9 Å². The zero-order valence-corrected chi connectivity index (χ0v) is 12.2. The van der Waals surface area contributed by atoms with Crippen molar-refractivity contribution in [3.8, 4) is 0 Å². The van der Waals surface area contributed by atoms with Crippen molar-refractivity contribution in [3.63, 3.8) is 0 Å². The third kappa shape index (κ3) is 3.68. The van der Waals surface area contributed by atoms with E-state index < -0.39 is 0 Å². The van der Waals surface area contributed by atoms with Gasteiger partial charge >= 0.3 is 0 Å². The summed E-state index contributed by atoms with van der Waals surface area (Å²) in [6, 6.07) is 0. The molecule has 0 aliphatic carbocycles. The first-order valence-corrected chi connectivity index (χ1v) is 6.10. The molecule has 1 aromatic rings. The second-order valence-electron chi connectivity index (χ2n) is 5.16. The molecule has 0 bridgehead atoms. The molecule has 0 atom stereocenters. The van der Waals surface area contributed by atoms with Gasteiger partial charge < -0.3 is 9.80 Å². The van der Waals surface area contributed by atoms with Gasteiger partial charge in [0.15, 0.2) is 0 Å². The first kappa shape index (κ1) is 14.4. The van der Waals surface area contributed by atoms with Crippen LogP contribution in [0.1, 0.15) is 32.5 Å². The highest BCUT2D eigenvalue weighted by atomic mass is 15.3. The van der Waals surface area contributed by atoms with Crippen molar-refractivity contribution in [2.75, 3.05) is 37.5 Å². The molecule has 0 unspecified atom stereocenters. The van der Waals surface area contributed by atoms with Gasteiger partial charge in [0.05, 0.1) is 0 Å². The van der Waals surface area contributed by atoms with Gasteiger partial charge in [-0.25, -0.2) is 0 Å². The van der Waals surface area contributed by atoms with Gasteiger partial charge in [-0.05, 0) is 6.92 Å². The lowest BCUT2D eigenvalue weighted by molar-refractivity contribution is 0.742. The fourth-order valence-electron chi connectivity index (χ4n) is 1.47. The summed E-state index contributed by atoms with van der Waals surface area (Å²) in [6.45, 7) is 10.8. The van der Waals surface area contributed by atoms with E-state index in [1.807, 2.05) is 37.9 Å². The summed E-state index contributed by atoms with van der Waals surface area (Å²) in [4.78, 5) is 17.3. The Morgan fingerprint density at radius 2 is 1.67 bits per heavy atom. The summed E-state index contributed by atoms with van der Waals surface area (Å²) >= 11 is 0. The lowest BCUT2D eigenvalue weighted by atomic mass is 10.2. The van der Waals surface area contributed by atoms with Crippen LogP contribution in [0, 0.1) is 0 Å². The molecule has 1 aromatic heterocycles. The second kappa shape index (κ2) is 5.80. The van der Waals surface area contributed by atoms with Gasteiger partial charge in [-0.1, -0.05) is 26.0 Å². The van der Waals surface area contributed by atoms with Gasteiger partial charge in [-0.2, -0.15) is 15.0 Å². The van der Waals surface area contributed by atoms with Crippen LogP contribution in [0.25, 0.3) is 0 Å². The maximum Gasteiger partial charge on any atom is 0.230 e. The standard InChI is InChI=1S/C13H23N5/c1-9(2)8-18(7)13-15-11(10(3)4)14-12(16-13)17(5)6/h10H,1,8H2,2-7H3. The molecular weight excluding hydrogens is 226 g/mol. The van der Waals surface area contributed by atoms with Crippen LogP contribution in [-0.4, -0.2) is 42.6 Å². The Morgan fingerprint density at radius 1 is 1.11 bits per heavy atom. The largest absolute Gasteiger partial charge is 0.347 e. The summed E-state index contributed by atoms with van der Waals surface area (Å²) in [5.41, 5.74) is 1.08. The fourth-order valence-corrected chi connectivity index (χ4v) is 1.47. The van der Waals surface area contributed by atoms with Crippen LogP contribution in [0.4, 0.5) is 11.9 Å². The van der Waals surface area contributed by atoms with E-state index in [1.165, 1.54) is 0 Å². The Morgan fingerprint density at radius 3 is 2.11 bits per heavy atom. The predicted molar refractivity (Wildman–Crippen MR) is 76.3 cm³/mol. The molecule has 100 valence electrons. The molecule has 5 nitrogen and oxygen atoms in total. The minimum atomic E-state index is 0.281. The molecule has 0 N–H and O–H groups in total. The molecule has 0 aliphatic heterocycles. The molecule has 0 saturated heterocycles. The van der Waals surface area contributed by atoms with Crippen LogP contribution in [0.5, 0.6) is 0 Å². The number of aromatic nitrogens is 3. The Hall–Kier alpha value is -1.65. The van der Waals surface area contributed by atoms with Gasteiger partial charge in [-0.3, -0.25) is 0 Å². The molecule has 0 amide bonds. The lowest BCUT2D eigenvalue weighted by Gasteiger charge is -2.20. The predicted octanol–water partition coefficient (Wildman–Crippen LogP) is 2.07. The van der Waals surface area contributed by atoms with Crippen molar-refractivity contribution >= 4 is 11.9 Å². The normalized spacial score (nSPS) is 10.6. The third-order valence-electron chi connectivity index (χ3n) is 2.39. The summed E-state index contributed by atoms with van der Waals surface area (Å²) in [5.74, 6) is 2.48. The molecule has 0 aromatic carbocycles. The zero-order valence-electron chi connectivity index (χ0n) is 12.2. The van der Waals surface area contributed by atoms with Crippen molar-refractivity contribution in [1.29, 1.82) is 0 Å². The van der Waals surface area contributed by atoms with E-state index in [1.54, 1.807) is 0 Å². The first-order valence-electron chi connectivity index (χ1n) is 6.10. The summed E-state index contributed by atoms with van der Waals surface area (Å²) in [6.07, 6.45) is 0. The van der Waals surface area contributed by atoms with Crippen LogP contribution < -0.4 is 9.80 Å². The minimum absolute atomic E-state index is 0.281. The van der Waals surface area contributed by atoms with E-state index in [0.29, 0.717) is 11.9 Å². The molecule has 0 saturated carbocycles.